The number of nitrogens with one attached hydrogen (secondary N) is 1. The molecular weight excluding hydrogens is 212 g/mol. The first-order valence-electron chi connectivity index (χ1n) is 5.25. The zero-order valence-corrected chi connectivity index (χ0v) is 9.72. The second-order valence-corrected chi connectivity index (χ2v) is 4.10. The summed E-state index contributed by atoms with van der Waals surface area (Å²) in [4.78, 5) is 0. The number of phenols is 1. The number of phenolic OH excluding ortho intramolecular Hbond substituents is 1. The maximum atomic E-state index is 12.7. The van der Waals surface area contributed by atoms with Gasteiger partial charge < -0.3 is 10.4 Å². The fourth-order valence-corrected chi connectivity index (χ4v) is 1.57. The molecule has 0 spiro atoms. The third-order valence-corrected chi connectivity index (χ3v) is 2.51. The standard InChI is InChI=1S/C12H17F2NO/c1-7(2)8-4-9(6-15-3)11(16)10(5-8)12(13)14/h4-5,7,12,15-16H,6H2,1-3H3. The van der Waals surface area contributed by atoms with Crippen molar-refractivity contribution in [1.29, 1.82) is 0 Å². The summed E-state index contributed by atoms with van der Waals surface area (Å²) in [6.07, 6.45) is -2.64. The molecule has 0 aliphatic heterocycles. The summed E-state index contributed by atoms with van der Waals surface area (Å²) < 4.78 is 25.4. The average molecular weight is 229 g/mol. The number of rotatable bonds is 4. The Hall–Kier alpha value is -1.16. The van der Waals surface area contributed by atoms with E-state index < -0.39 is 6.43 Å². The molecule has 0 aromatic heterocycles. The van der Waals surface area contributed by atoms with Crippen LogP contribution < -0.4 is 5.32 Å². The van der Waals surface area contributed by atoms with Gasteiger partial charge in [0.15, 0.2) is 0 Å². The normalized spacial score (nSPS) is 11.4. The number of hydrogen-bond donors (Lipinski definition) is 2. The Labute approximate surface area is 94.3 Å². The van der Waals surface area contributed by atoms with Crippen molar-refractivity contribution in [3.8, 4) is 5.75 Å². The van der Waals surface area contributed by atoms with Crippen molar-refractivity contribution >= 4 is 0 Å². The topological polar surface area (TPSA) is 32.3 Å². The highest BCUT2D eigenvalue weighted by atomic mass is 19.3. The smallest absolute Gasteiger partial charge is 0.267 e. The molecule has 0 atom stereocenters. The summed E-state index contributed by atoms with van der Waals surface area (Å²) in [6.45, 7) is 4.25. The Morgan fingerprint density at radius 1 is 1.31 bits per heavy atom. The van der Waals surface area contributed by atoms with Crippen LogP contribution in [0, 0.1) is 0 Å². The molecule has 2 nitrogen and oxygen atoms in total. The first kappa shape index (κ1) is 12.9. The summed E-state index contributed by atoms with van der Waals surface area (Å²) >= 11 is 0. The van der Waals surface area contributed by atoms with Gasteiger partial charge in [-0.05, 0) is 24.6 Å². The molecule has 0 radical (unpaired) electrons. The molecule has 1 rings (SSSR count). The lowest BCUT2D eigenvalue weighted by Crippen LogP contribution is -2.07. The van der Waals surface area contributed by atoms with Crippen LogP contribution in [0.5, 0.6) is 5.75 Å². The lowest BCUT2D eigenvalue weighted by molar-refractivity contribution is 0.147. The van der Waals surface area contributed by atoms with Crippen molar-refractivity contribution in [2.75, 3.05) is 7.05 Å². The van der Waals surface area contributed by atoms with Gasteiger partial charge in [0.05, 0.1) is 5.56 Å². The van der Waals surface area contributed by atoms with Gasteiger partial charge in [0.25, 0.3) is 6.43 Å². The number of benzene rings is 1. The minimum Gasteiger partial charge on any atom is -0.507 e. The summed E-state index contributed by atoms with van der Waals surface area (Å²) in [6, 6.07) is 3.15. The quantitative estimate of drug-likeness (QED) is 0.831. The summed E-state index contributed by atoms with van der Waals surface area (Å²) in [5.41, 5.74) is 1.05. The molecule has 2 N–H and O–H groups in total. The first-order chi connectivity index (χ1) is 7.47. The Morgan fingerprint density at radius 3 is 2.38 bits per heavy atom. The van der Waals surface area contributed by atoms with Gasteiger partial charge >= 0.3 is 0 Å². The minimum absolute atomic E-state index is 0.161. The van der Waals surface area contributed by atoms with Gasteiger partial charge in [-0.15, -0.1) is 0 Å². The molecule has 0 amide bonds. The SMILES string of the molecule is CNCc1cc(C(C)C)cc(C(F)F)c1O. The summed E-state index contributed by atoms with van der Waals surface area (Å²) in [5.74, 6) is -0.137. The highest BCUT2D eigenvalue weighted by molar-refractivity contribution is 5.45. The molecule has 0 heterocycles. The number of hydrogen-bond acceptors (Lipinski definition) is 2. The zero-order valence-electron chi connectivity index (χ0n) is 9.72. The average Bonchev–Trinajstić information content (AvgIpc) is 2.20. The van der Waals surface area contributed by atoms with Gasteiger partial charge in [0.2, 0.25) is 0 Å². The van der Waals surface area contributed by atoms with Gasteiger partial charge in [0.1, 0.15) is 5.75 Å². The molecule has 0 saturated carbocycles. The van der Waals surface area contributed by atoms with Gasteiger partial charge in [-0.1, -0.05) is 19.9 Å². The molecule has 4 heteroatoms. The molecule has 0 saturated heterocycles. The van der Waals surface area contributed by atoms with Crippen LogP contribution in [0.4, 0.5) is 8.78 Å². The second kappa shape index (κ2) is 5.25. The van der Waals surface area contributed by atoms with E-state index in [-0.39, 0.29) is 17.2 Å². The fourth-order valence-electron chi connectivity index (χ4n) is 1.57. The van der Waals surface area contributed by atoms with Gasteiger partial charge in [-0.3, -0.25) is 0 Å². The maximum absolute atomic E-state index is 12.7. The van der Waals surface area contributed by atoms with E-state index in [2.05, 4.69) is 5.32 Å². The van der Waals surface area contributed by atoms with Gasteiger partial charge in [-0.2, -0.15) is 0 Å². The van der Waals surface area contributed by atoms with E-state index >= 15 is 0 Å². The van der Waals surface area contributed by atoms with E-state index in [4.69, 9.17) is 0 Å². The van der Waals surface area contributed by atoms with Crippen LogP contribution in [0.3, 0.4) is 0 Å². The molecular formula is C12H17F2NO. The molecule has 0 aliphatic carbocycles. The van der Waals surface area contributed by atoms with E-state index in [0.717, 1.165) is 5.56 Å². The van der Waals surface area contributed by atoms with E-state index in [1.807, 2.05) is 13.8 Å². The molecule has 0 aliphatic rings. The van der Waals surface area contributed by atoms with Gasteiger partial charge in [0, 0.05) is 12.1 Å². The second-order valence-electron chi connectivity index (χ2n) is 4.10. The third kappa shape index (κ3) is 2.70. The predicted molar refractivity (Wildman–Crippen MR) is 59.9 cm³/mol. The fraction of sp³-hybridized carbons (Fsp3) is 0.500. The largest absolute Gasteiger partial charge is 0.507 e. The van der Waals surface area contributed by atoms with Crippen molar-refractivity contribution in [2.24, 2.45) is 0 Å². The van der Waals surface area contributed by atoms with E-state index in [9.17, 15) is 13.9 Å². The molecule has 90 valence electrons. The van der Waals surface area contributed by atoms with Crippen LogP contribution in [0.15, 0.2) is 12.1 Å². The number of alkyl halides is 2. The number of aromatic hydroxyl groups is 1. The molecule has 1 aromatic rings. The lowest BCUT2D eigenvalue weighted by atomic mass is 9.96. The number of halogens is 2. The minimum atomic E-state index is -2.64. The van der Waals surface area contributed by atoms with Crippen LogP contribution in [0.1, 0.15) is 42.9 Å². The van der Waals surface area contributed by atoms with Crippen molar-refractivity contribution in [2.45, 2.75) is 32.7 Å². The van der Waals surface area contributed by atoms with Crippen LogP contribution in [-0.4, -0.2) is 12.2 Å². The maximum Gasteiger partial charge on any atom is 0.267 e. The van der Waals surface area contributed by atoms with Crippen molar-refractivity contribution in [3.05, 3.63) is 28.8 Å². The summed E-state index contributed by atoms with van der Waals surface area (Å²) in [5, 5.41) is 12.5. The molecule has 0 fully saturated rings. The monoisotopic (exact) mass is 229 g/mol. The van der Waals surface area contributed by atoms with Crippen molar-refractivity contribution < 1.29 is 13.9 Å². The van der Waals surface area contributed by atoms with E-state index in [1.165, 1.54) is 6.07 Å². The van der Waals surface area contributed by atoms with Crippen molar-refractivity contribution in [3.63, 3.8) is 0 Å². The summed E-state index contributed by atoms with van der Waals surface area (Å²) in [7, 11) is 1.71. The van der Waals surface area contributed by atoms with Crippen LogP contribution in [0.2, 0.25) is 0 Å². The molecule has 0 bridgehead atoms. The van der Waals surface area contributed by atoms with E-state index in [0.29, 0.717) is 12.1 Å². The Kier molecular flexibility index (Phi) is 4.24. The Balaban J connectivity index is 3.27. The van der Waals surface area contributed by atoms with E-state index in [1.54, 1.807) is 13.1 Å². The molecule has 16 heavy (non-hydrogen) atoms. The van der Waals surface area contributed by atoms with Crippen LogP contribution in [-0.2, 0) is 6.54 Å². The highest BCUT2D eigenvalue weighted by Crippen LogP contribution is 2.34. The first-order valence-corrected chi connectivity index (χ1v) is 5.25. The molecule has 0 unspecified atom stereocenters. The van der Waals surface area contributed by atoms with Gasteiger partial charge in [-0.25, -0.2) is 8.78 Å². The lowest BCUT2D eigenvalue weighted by Gasteiger charge is -2.14. The Morgan fingerprint density at radius 2 is 1.94 bits per heavy atom. The van der Waals surface area contributed by atoms with Crippen LogP contribution >= 0.6 is 0 Å². The predicted octanol–water partition coefficient (Wildman–Crippen LogP) is 3.17. The zero-order chi connectivity index (χ0) is 12.3. The highest BCUT2D eigenvalue weighted by Gasteiger charge is 2.18. The third-order valence-electron chi connectivity index (χ3n) is 2.51. The molecule has 1 aromatic carbocycles. The van der Waals surface area contributed by atoms with Crippen LogP contribution in [0.25, 0.3) is 0 Å². The Bertz CT molecular complexity index is 364. The van der Waals surface area contributed by atoms with Crippen molar-refractivity contribution in [1.82, 2.24) is 5.32 Å².